The molecule has 3 heterocycles. The van der Waals surface area contributed by atoms with Gasteiger partial charge >= 0.3 is 0 Å². The van der Waals surface area contributed by atoms with E-state index in [0.29, 0.717) is 0 Å². The molecule has 0 radical (unpaired) electrons. The van der Waals surface area contributed by atoms with Crippen molar-refractivity contribution in [1.82, 2.24) is 14.7 Å². The van der Waals surface area contributed by atoms with Crippen LogP contribution in [-0.4, -0.2) is 28.1 Å². The highest BCUT2D eigenvalue weighted by Gasteiger charge is 2.29. The van der Waals surface area contributed by atoms with Gasteiger partial charge in [0.25, 0.3) is 0 Å². The summed E-state index contributed by atoms with van der Waals surface area (Å²) in [6, 6.07) is 0. The standard InChI is InChI=1S/C13H19N3OS/c1-10-11(16-5-7-18-12(16)15-10)8-14-9-13(2)4-3-6-17-13/h5,7,14H,3-4,6,8-9H2,1-2H3. The first-order valence-electron chi connectivity index (χ1n) is 6.44. The maximum absolute atomic E-state index is 5.78. The second-order valence-corrected chi connectivity index (χ2v) is 6.08. The third kappa shape index (κ3) is 2.18. The highest BCUT2D eigenvalue weighted by atomic mass is 32.1. The van der Waals surface area contributed by atoms with Crippen LogP contribution in [0.3, 0.4) is 0 Å². The van der Waals surface area contributed by atoms with Crippen molar-refractivity contribution in [2.24, 2.45) is 0 Å². The molecule has 0 spiro atoms. The molecule has 0 bridgehead atoms. The maximum Gasteiger partial charge on any atom is 0.194 e. The van der Waals surface area contributed by atoms with E-state index in [1.807, 2.05) is 0 Å². The SMILES string of the molecule is Cc1nc2sccn2c1CNCC1(C)CCCO1. The summed E-state index contributed by atoms with van der Waals surface area (Å²) in [5, 5.41) is 5.59. The zero-order valence-electron chi connectivity index (χ0n) is 10.9. The smallest absolute Gasteiger partial charge is 0.194 e. The van der Waals surface area contributed by atoms with Crippen LogP contribution in [0, 0.1) is 6.92 Å². The molecule has 1 unspecified atom stereocenters. The predicted molar refractivity (Wildman–Crippen MR) is 73.1 cm³/mol. The highest BCUT2D eigenvalue weighted by molar-refractivity contribution is 7.15. The first kappa shape index (κ1) is 12.1. The van der Waals surface area contributed by atoms with E-state index in [4.69, 9.17) is 4.74 Å². The third-order valence-corrected chi connectivity index (χ3v) is 4.41. The number of aryl methyl sites for hydroxylation is 1. The molecule has 98 valence electrons. The van der Waals surface area contributed by atoms with Gasteiger partial charge in [0, 0.05) is 31.3 Å². The first-order valence-corrected chi connectivity index (χ1v) is 7.32. The van der Waals surface area contributed by atoms with Gasteiger partial charge in [0.2, 0.25) is 0 Å². The summed E-state index contributed by atoms with van der Waals surface area (Å²) in [7, 11) is 0. The van der Waals surface area contributed by atoms with E-state index in [-0.39, 0.29) is 5.60 Å². The van der Waals surface area contributed by atoms with Crippen LogP contribution >= 0.6 is 11.3 Å². The molecule has 1 aliphatic heterocycles. The molecule has 0 aromatic carbocycles. The molecule has 1 aliphatic rings. The lowest BCUT2D eigenvalue weighted by atomic mass is 10.0. The molecular formula is C13H19N3OS. The minimum absolute atomic E-state index is 0.0202. The lowest BCUT2D eigenvalue weighted by Crippen LogP contribution is -2.37. The molecule has 1 saturated heterocycles. The largest absolute Gasteiger partial charge is 0.374 e. The molecule has 1 N–H and O–H groups in total. The monoisotopic (exact) mass is 265 g/mol. The average molecular weight is 265 g/mol. The van der Waals surface area contributed by atoms with Gasteiger partial charge in [-0.3, -0.25) is 4.40 Å². The number of rotatable bonds is 4. The van der Waals surface area contributed by atoms with Gasteiger partial charge in [0.05, 0.1) is 17.0 Å². The van der Waals surface area contributed by atoms with Gasteiger partial charge in [-0.1, -0.05) is 0 Å². The number of imidazole rings is 1. The summed E-state index contributed by atoms with van der Waals surface area (Å²) < 4.78 is 7.95. The minimum atomic E-state index is 0.0202. The van der Waals surface area contributed by atoms with Crippen LogP contribution in [0.4, 0.5) is 0 Å². The molecule has 2 aromatic rings. The Labute approximate surface area is 111 Å². The summed E-state index contributed by atoms with van der Waals surface area (Å²) in [5.41, 5.74) is 2.39. The van der Waals surface area contributed by atoms with Gasteiger partial charge in [-0.15, -0.1) is 11.3 Å². The topological polar surface area (TPSA) is 38.6 Å². The number of thiazole rings is 1. The van der Waals surface area contributed by atoms with E-state index in [0.717, 1.165) is 36.8 Å². The van der Waals surface area contributed by atoms with Gasteiger partial charge in [-0.05, 0) is 26.7 Å². The van der Waals surface area contributed by atoms with Gasteiger partial charge in [-0.2, -0.15) is 0 Å². The van der Waals surface area contributed by atoms with Gasteiger partial charge in [0.15, 0.2) is 4.96 Å². The minimum Gasteiger partial charge on any atom is -0.374 e. The van der Waals surface area contributed by atoms with Gasteiger partial charge in [-0.25, -0.2) is 4.98 Å². The Balaban J connectivity index is 1.66. The first-order chi connectivity index (χ1) is 8.68. The maximum atomic E-state index is 5.78. The fraction of sp³-hybridized carbons (Fsp3) is 0.615. The molecule has 1 atom stereocenters. The van der Waals surface area contributed by atoms with Crippen molar-refractivity contribution >= 4 is 16.3 Å². The van der Waals surface area contributed by atoms with Crippen LogP contribution in [0.1, 0.15) is 31.2 Å². The number of nitrogens with zero attached hydrogens (tertiary/aromatic N) is 2. The highest BCUT2D eigenvalue weighted by Crippen LogP contribution is 2.24. The van der Waals surface area contributed by atoms with Crippen LogP contribution in [0.5, 0.6) is 0 Å². The molecule has 3 rings (SSSR count). The van der Waals surface area contributed by atoms with Gasteiger partial charge < -0.3 is 10.1 Å². The number of nitrogens with one attached hydrogen (secondary N) is 1. The van der Waals surface area contributed by atoms with Crippen molar-refractivity contribution in [3.63, 3.8) is 0 Å². The Morgan fingerprint density at radius 1 is 1.61 bits per heavy atom. The molecule has 18 heavy (non-hydrogen) atoms. The Morgan fingerprint density at radius 2 is 2.50 bits per heavy atom. The lowest BCUT2D eigenvalue weighted by molar-refractivity contribution is 0.0206. The fourth-order valence-electron chi connectivity index (χ4n) is 2.58. The van der Waals surface area contributed by atoms with Crippen molar-refractivity contribution in [2.75, 3.05) is 13.2 Å². The average Bonchev–Trinajstić information content (AvgIpc) is 2.99. The van der Waals surface area contributed by atoms with Crippen molar-refractivity contribution in [3.05, 3.63) is 23.0 Å². The molecule has 0 amide bonds. The number of fused-ring (bicyclic) bond motifs is 1. The molecule has 5 heteroatoms. The van der Waals surface area contributed by atoms with E-state index >= 15 is 0 Å². The van der Waals surface area contributed by atoms with Crippen LogP contribution in [0.25, 0.3) is 4.96 Å². The van der Waals surface area contributed by atoms with Gasteiger partial charge in [0.1, 0.15) is 0 Å². The second kappa shape index (κ2) is 4.64. The molecule has 4 nitrogen and oxygen atoms in total. The fourth-order valence-corrected chi connectivity index (χ4v) is 3.35. The van der Waals surface area contributed by atoms with Crippen LogP contribution < -0.4 is 5.32 Å². The van der Waals surface area contributed by atoms with E-state index in [1.165, 1.54) is 12.1 Å². The Morgan fingerprint density at radius 3 is 3.28 bits per heavy atom. The summed E-state index contributed by atoms with van der Waals surface area (Å²) in [5.74, 6) is 0. The molecule has 2 aromatic heterocycles. The quantitative estimate of drug-likeness (QED) is 0.922. The Hall–Kier alpha value is -0.910. The number of aromatic nitrogens is 2. The van der Waals surface area contributed by atoms with Crippen LogP contribution in [0.2, 0.25) is 0 Å². The Kier molecular flexibility index (Phi) is 3.13. The summed E-state index contributed by atoms with van der Waals surface area (Å²) in [6.07, 6.45) is 4.42. The van der Waals surface area contributed by atoms with Crippen molar-refractivity contribution in [2.45, 2.75) is 38.8 Å². The number of hydrogen-bond acceptors (Lipinski definition) is 4. The van der Waals surface area contributed by atoms with Crippen molar-refractivity contribution in [1.29, 1.82) is 0 Å². The second-order valence-electron chi connectivity index (χ2n) is 5.20. The van der Waals surface area contributed by atoms with E-state index in [9.17, 15) is 0 Å². The van der Waals surface area contributed by atoms with E-state index in [1.54, 1.807) is 11.3 Å². The van der Waals surface area contributed by atoms with E-state index < -0.39 is 0 Å². The molecule has 0 saturated carbocycles. The normalized spacial score (nSPS) is 24.1. The molecular weight excluding hydrogens is 246 g/mol. The third-order valence-electron chi connectivity index (χ3n) is 3.65. The predicted octanol–water partition coefficient (Wildman–Crippen LogP) is 2.36. The molecule has 1 fully saturated rings. The van der Waals surface area contributed by atoms with E-state index in [2.05, 4.69) is 40.1 Å². The summed E-state index contributed by atoms with van der Waals surface area (Å²) in [4.78, 5) is 5.63. The Bertz CT molecular complexity index is 539. The lowest BCUT2D eigenvalue weighted by Gasteiger charge is -2.23. The molecule has 0 aliphatic carbocycles. The zero-order chi connectivity index (χ0) is 12.6. The number of hydrogen-bond donors (Lipinski definition) is 1. The summed E-state index contributed by atoms with van der Waals surface area (Å²) >= 11 is 1.68. The van der Waals surface area contributed by atoms with Crippen LogP contribution in [0.15, 0.2) is 11.6 Å². The number of ether oxygens (including phenoxy) is 1. The van der Waals surface area contributed by atoms with Crippen LogP contribution in [-0.2, 0) is 11.3 Å². The van der Waals surface area contributed by atoms with Crippen molar-refractivity contribution < 1.29 is 4.74 Å². The summed E-state index contributed by atoms with van der Waals surface area (Å²) in [6.45, 7) is 6.92. The zero-order valence-corrected chi connectivity index (χ0v) is 11.7. The van der Waals surface area contributed by atoms with Crippen molar-refractivity contribution in [3.8, 4) is 0 Å².